The van der Waals surface area contributed by atoms with Gasteiger partial charge in [0.05, 0.1) is 0 Å². The zero-order chi connectivity index (χ0) is 17.0. The molecule has 0 aromatic heterocycles. The molecule has 2 heteroatoms. The Bertz CT molecular complexity index is 336. The lowest BCUT2D eigenvalue weighted by Gasteiger charge is -2.25. The van der Waals surface area contributed by atoms with Crippen LogP contribution in [0.5, 0.6) is 0 Å². The summed E-state index contributed by atoms with van der Waals surface area (Å²) in [5.41, 5.74) is 3.00. The molecule has 0 N–H and O–H groups in total. The third-order valence-corrected chi connectivity index (χ3v) is 4.34. The topological polar surface area (TPSA) is 18.5 Å². The fourth-order valence-electron chi connectivity index (χ4n) is 2.41. The summed E-state index contributed by atoms with van der Waals surface area (Å²) in [5, 5.41) is 0. The van der Waals surface area contributed by atoms with Crippen LogP contribution < -0.4 is 0 Å². The number of rotatable bonds is 12. The quantitative estimate of drug-likeness (QED) is 0.312. The van der Waals surface area contributed by atoms with Gasteiger partial charge in [-0.1, -0.05) is 43.6 Å². The Morgan fingerprint density at radius 3 is 2.05 bits per heavy atom. The monoisotopic (exact) mass is 310 g/mol. The van der Waals surface area contributed by atoms with Gasteiger partial charge in [-0.15, -0.1) is 0 Å². The molecule has 0 saturated heterocycles. The third-order valence-electron chi connectivity index (χ3n) is 4.34. The molecular weight excluding hydrogens is 272 g/mol. The second-order valence-corrected chi connectivity index (χ2v) is 7.01. The Labute approximate surface area is 139 Å². The van der Waals surface area contributed by atoms with Gasteiger partial charge in [0.2, 0.25) is 0 Å². The molecule has 0 aromatic rings. The molecule has 0 rings (SSSR count). The number of hydrogen-bond donors (Lipinski definition) is 0. The van der Waals surface area contributed by atoms with Gasteiger partial charge in [0, 0.05) is 20.6 Å². The van der Waals surface area contributed by atoms with Crippen molar-refractivity contribution in [2.45, 2.75) is 85.4 Å². The van der Waals surface area contributed by atoms with E-state index in [1.54, 1.807) is 19.8 Å². The van der Waals surface area contributed by atoms with E-state index in [4.69, 9.17) is 9.47 Å². The molecule has 0 bridgehead atoms. The first kappa shape index (κ1) is 21.4. The Kier molecular flexibility index (Phi) is 11.6. The fourth-order valence-corrected chi connectivity index (χ4v) is 2.41. The second-order valence-electron chi connectivity index (χ2n) is 7.01. The SMILES string of the molecule is COC(C)(CCC=C(C)CCC=C(C)CCCC(C)C)OC. The maximum atomic E-state index is 5.37. The van der Waals surface area contributed by atoms with Gasteiger partial charge in [0.1, 0.15) is 0 Å². The number of allylic oxidation sites excluding steroid dienone is 4. The summed E-state index contributed by atoms with van der Waals surface area (Å²) in [5.74, 6) is 0.367. The van der Waals surface area contributed by atoms with Crippen molar-refractivity contribution in [2.75, 3.05) is 14.2 Å². The summed E-state index contributed by atoms with van der Waals surface area (Å²) in [6, 6.07) is 0. The van der Waals surface area contributed by atoms with E-state index in [2.05, 4.69) is 39.8 Å². The van der Waals surface area contributed by atoms with Crippen molar-refractivity contribution in [2.24, 2.45) is 5.92 Å². The Morgan fingerprint density at radius 1 is 0.955 bits per heavy atom. The van der Waals surface area contributed by atoms with E-state index in [9.17, 15) is 0 Å². The standard InChI is InChI=1S/C20H38O2/c1-17(2)11-8-12-18(3)13-9-14-19(4)15-10-16-20(5,21-6)22-7/h13,15,17H,8-12,14,16H2,1-7H3. The van der Waals surface area contributed by atoms with Crippen molar-refractivity contribution in [3.05, 3.63) is 23.3 Å². The first-order valence-corrected chi connectivity index (χ1v) is 8.74. The minimum Gasteiger partial charge on any atom is -0.353 e. The highest BCUT2D eigenvalue weighted by Gasteiger charge is 2.20. The Hall–Kier alpha value is -0.600. The summed E-state index contributed by atoms with van der Waals surface area (Å²) in [6.07, 6.45) is 12.8. The molecule has 0 radical (unpaired) electrons. The Balaban J connectivity index is 3.96. The molecule has 0 aliphatic carbocycles. The number of methoxy groups -OCH3 is 2. The van der Waals surface area contributed by atoms with Crippen LogP contribution in [0.15, 0.2) is 23.3 Å². The van der Waals surface area contributed by atoms with Gasteiger partial charge in [0.25, 0.3) is 0 Å². The molecule has 0 unspecified atom stereocenters. The molecule has 0 heterocycles. The summed E-state index contributed by atoms with van der Waals surface area (Å²) in [6.45, 7) is 11.1. The van der Waals surface area contributed by atoms with E-state index in [-0.39, 0.29) is 0 Å². The van der Waals surface area contributed by atoms with Gasteiger partial charge in [-0.25, -0.2) is 0 Å². The van der Waals surface area contributed by atoms with Crippen LogP contribution in [-0.2, 0) is 9.47 Å². The van der Waals surface area contributed by atoms with Crippen LogP contribution in [0.2, 0.25) is 0 Å². The van der Waals surface area contributed by atoms with Crippen LogP contribution in [0.25, 0.3) is 0 Å². The highest BCUT2D eigenvalue weighted by molar-refractivity contribution is 5.03. The van der Waals surface area contributed by atoms with Gasteiger partial charge in [-0.3, -0.25) is 0 Å². The van der Waals surface area contributed by atoms with Crippen LogP contribution in [0.4, 0.5) is 0 Å². The van der Waals surface area contributed by atoms with E-state index in [0.29, 0.717) is 0 Å². The van der Waals surface area contributed by atoms with E-state index in [1.807, 2.05) is 6.92 Å². The predicted octanol–water partition coefficient (Wildman–Crippen LogP) is 6.27. The first-order chi connectivity index (χ1) is 10.3. The molecule has 0 aliphatic rings. The summed E-state index contributed by atoms with van der Waals surface area (Å²) in [7, 11) is 3.40. The molecular formula is C20H38O2. The van der Waals surface area contributed by atoms with Crippen LogP contribution in [0.3, 0.4) is 0 Å². The van der Waals surface area contributed by atoms with E-state index < -0.39 is 5.79 Å². The maximum Gasteiger partial charge on any atom is 0.165 e. The zero-order valence-corrected chi connectivity index (χ0v) is 16.0. The average Bonchev–Trinajstić information content (AvgIpc) is 2.46. The van der Waals surface area contributed by atoms with Crippen LogP contribution in [-0.4, -0.2) is 20.0 Å². The molecule has 0 atom stereocenters. The van der Waals surface area contributed by atoms with Crippen molar-refractivity contribution in [3.63, 3.8) is 0 Å². The maximum absolute atomic E-state index is 5.37. The molecule has 0 fully saturated rings. The minimum absolute atomic E-state index is 0.455. The minimum atomic E-state index is -0.455. The van der Waals surface area contributed by atoms with Gasteiger partial charge >= 0.3 is 0 Å². The second kappa shape index (κ2) is 11.9. The Morgan fingerprint density at radius 2 is 1.50 bits per heavy atom. The zero-order valence-electron chi connectivity index (χ0n) is 16.0. The normalized spacial score (nSPS) is 14.0. The van der Waals surface area contributed by atoms with Crippen molar-refractivity contribution in [1.29, 1.82) is 0 Å². The first-order valence-electron chi connectivity index (χ1n) is 8.74. The molecule has 2 nitrogen and oxygen atoms in total. The van der Waals surface area contributed by atoms with E-state index in [1.165, 1.54) is 24.8 Å². The van der Waals surface area contributed by atoms with Crippen LogP contribution in [0.1, 0.15) is 79.6 Å². The molecule has 130 valence electrons. The molecule has 0 aliphatic heterocycles. The predicted molar refractivity (Wildman–Crippen MR) is 97.1 cm³/mol. The largest absolute Gasteiger partial charge is 0.353 e. The van der Waals surface area contributed by atoms with Crippen molar-refractivity contribution in [1.82, 2.24) is 0 Å². The van der Waals surface area contributed by atoms with Crippen LogP contribution in [0, 0.1) is 5.92 Å². The smallest absolute Gasteiger partial charge is 0.165 e. The van der Waals surface area contributed by atoms with Crippen LogP contribution >= 0.6 is 0 Å². The molecule has 22 heavy (non-hydrogen) atoms. The van der Waals surface area contributed by atoms with E-state index in [0.717, 1.165) is 31.6 Å². The van der Waals surface area contributed by atoms with Crippen molar-refractivity contribution < 1.29 is 9.47 Å². The molecule has 0 saturated carbocycles. The number of hydrogen-bond acceptors (Lipinski definition) is 2. The fraction of sp³-hybridized carbons (Fsp3) is 0.800. The lowest BCUT2D eigenvalue weighted by Crippen LogP contribution is -2.29. The van der Waals surface area contributed by atoms with Crippen molar-refractivity contribution >= 4 is 0 Å². The van der Waals surface area contributed by atoms with Gasteiger partial charge in [-0.2, -0.15) is 0 Å². The van der Waals surface area contributed by atoms with Gasteiger partial charge < -0.3 is 9.47 Å². The van der Waals surface area contributed by atoms with E-state index >= 15 is 0 Å². The summed E-state index contributed by atoms with van der Waals surface area (Å²) in [4.78, 5) is 0. The molecule has 0 aromatic carbocycles. The molecule has 0 amide bonds. The highest BCUT2D eigenvalue weighted by atomic mass is 16.7. The molecule has 0 spiro atoms. The van der Waals surface area contributed by atoms with Crippen molar-refractivity contribution in [3.8, 4) is 0 Å². The summed E-state index contributed by atoms with van der Waals surface area (Å²) >= 11 is 0. The van der Waals surface area contributed by atoms with Gasteiger partial charge in [-0.05, 0) is 58.8 Å². The lowest BCUT2D eigenvalue weighted by atomic mass is 10.0. The third kappa shape index (κ3) is 11.0. The lowest BCUT2D eigenvalue weighted by molar-refractivity contribution is -0.196. The van der Waals surface area contributed by atoms with Gasteiger partial charge in [0.15, 0.2) is 5.79 Å². The summed E-state index contributed by atoms with van der Waals surface area (Å²) < 4.78 is 10.7. The average molecular weight is 311 g/mol. The highest BCUT2D eigenvalue weighted by Crippen LogP contribution is 2.19. The number of ether oxygens (including phenoxy) is 2.